The molecule has 57 heavy (non-hydrogen) atoms. The van der Waals surface area contributed by atoms with Crippen LogP contribution in [-0.4, -0.2) is 105 Å². The SMILES string of the molecule is C#Cc1c(F)ccc2cc(O)cc(-c3ncc4c(N5C[C@H]6CC(C#N)[C@@H](C5)N6C(=O)C=C)nc(OC[C@]5(C(C)(C)C)C[C@@H](F)CN5C5CCOCC5)nc4c3F)c12. The number of hydrogen-bond donors (Lipinski definition) is 1. The van der Waals surface area contributed by atoms with Crippen molar-refractivity contribution in [1.82, 2.24) is 24.8 Å². The molecule has 14 heteroatoms. The average Bonchev–Trinajstić information content (AvgIpc) is 3.66. The van der Waals surface area contributed by atoms with Crippen molar-refractivity contribution in [2.75, 3.05) is 44.4 Å². The number of phenolic OH excluding ortho intramolecular Hbond substituents is 1. The Labute approximate surface area is 329 Å². The fourth-order valence-corrected chi connectivity index (χ4v) is 9.70. The van der Waals surface area contributed by atoms with E-state index in [0.717, 1.165) is 12.8 Å². The molecule has 1 amide bonds. The number of aromatic nitrogens is 3. The molecule has 4 saturated heterocycles. The molecule has 6 heterocycles. The summed E-state index contributed by atoms with van der Waals surface area (Å²) in [5.74, 6) is 0.127. The fourth-order valence-electron chi connectivity index (χ4n) is 9.70. The van der Waals surface area contributed by atoms with E-state index >= 15 is 13.2 Å². The Bertz CT molecular complexity index is 2370. The van der Waals surface area contributed by atoms with Crippen LogP contribution >= 0.6 is 0 Å². The molecule has 2 aromatic heterocycles. The van der Waals surface area contributed by atoms with Gasteiger partial charge in [0.25, 0.3) is 0 Å². The number of alkyl halides is 1. The molecule has 0 spiro atoms. The van der Waals surface area contributed by atoms with Gasteiger partial charge >= 0.3 is 6.01 Å². The summed E-state index contributed by atoms with van der Waals surface area (Å²) in [4.78, 5) is 32.8. The molecule has 296 valence electrons. The van der Waals surface area contributed by atoms with Gasteiger partial charge in [-0.15, -0.1) is 6.42 Å². The van der Waals surface area contributed by atoms with Crippen molar-refractivity contribution in [3.05, 3.63) is 60.3 Å². The second-order valence-corrected chi connectivity index (χ2v) is 16.6. The van der Waals surface area contributed by atoms with Crippen LogP contribution in [0, 0.1) is 46.6 Å². The Morgan fingerprint density at radius 1 is 1.18 bits per heavy atom. The minimum Gasteiger partial charge on any atom is -0.508 e. The maximum absolute atomic E-state index is 17.3. The molecule has 5 atom stereocenters. The van der Waals surface area contributed by atoms with Gasteiger partial charge in [0.2, 0.25) is 5.91 Å². The summed E-state index contributed by atoms with van der Waals surface area (Å²) in [6.45, 7) is 11.7. The summed E-state index contributed by atoms with van der Waals surface area (Å²) in [6, 6.07) is 6.75. The number of phenols is 1. The third-order valence-electron chi connectivity index (χ3n) is 12.5. The highest BCUT2D eigenvalue weighted by atomic mass is 19.1. The minimum atomic E-state index is -1.09. The van der Waals surface area contributed by atoms with Crippen LogP contribution in [0.3, 0.4) is 0 Å². The molecule has 11 nitrogen and oxygen atoms in total. The number of pyridine rings is 1. The number of aromatic hydroxyl groups is 1. The van der Waals surface area contributed by atoms with Gasteiger partial charge in [0.05, 0.1) is 40.6 Å². The maximum atomic E-state index is 17.3. The highest BCUT2D eigenvalue weighted by Gasteiger charge is 2.56. The number of carbonyl (C=O) groups excluding carboxylic acids is 1. The number of hydrogen-bond acceptors (Lipinski definition) is 10. The van der Waals surface area contributed by atoms with Crippen LogP contribution in [-0.2, 0) is 9.53 Å². The van der Waals surface area contributed by atoms with Crippen molar-refractivity contribution in [3.63, 3.8) is 0 Å². The van der Waals surface area contributed by atoms with Gasteiger partial charge in [0.15, 0.2) is 5.82 Å². The standard InChI is InChI=1S/C43H44F3N7O4/c1-6-30-33(45)9-8-24-15-29(54)16-31(36(24)30)38-37(46)39-32(19-48-38)40(51-21-28-14-25(18-47)34(22-51)53(28)35(55)7-2)50-41(49-39)57-23-43(42(3,4)5)17-26(44)20-52(43)27-10-12-56-13-11-27/h1,7-9,15-16,19,25-28,34,54H,2,10-14,17,20-23H2,3-5H3/t25?,26-,28-,34-,43+/m1/s1. The van der Waals surface area contributed by atoms with Crippen molar-refractivity contribution in [1.29, 1.82) is 5.26 Å². The molecule has 4 fully saturated rings. The number of nitrogens with zero attached hydrogens (tertiary/aromatic N) is 7. The molecule has 0 saturated carbocycles. The molecular weight excluding hydrogens is 736 g/mol. The summed E-state index contributed by atoms with van der Waals surface area (Å²) >= 11 is 0. The molecule has 4 aromatic rings. The number of carbonyl (C=O) groups is 1. The highest BCUT2D eigenvalue weighted by molar-refractivity contribution is 6.03. The largest absolute Gasteiger partial charge is 0.508 e. The van der Waals surface area contributed by atoms with Crippen LogP contribution in [0.25, 0.3) is 32.9 Å². The maximum Gasteiger partial charge on any atom is 0.319 e. The van der Waals surface area contributed by atoms with Crippen molar-refractivity contribution in [3.8, 4) is 41.4 Å². The Morgan fingerprint density at radius 2 is 1.95 bits per heavy atom. The van der Waals surface area contributed by atoms with E-state index in [1.807, 2.05) is 4.90 Å². The molecule has 2 bridgehead atoms. The lowest BCUT2D eigenvalue weighted by molar-refractivity contribution is -0.129. The lowest BCUT2D eigenvalue weighted by atomic mass is 9.71. The zero-order valence-corrected chi connectivity index (χ0v) is 32.1. The smallest absolute Gasteiger partial charge is 0.319 e. The highest BCUT2D eigenvalue weighted by Crippen LogP contribution is 2.48. The van der Waals surface area contributed by atoms with Crippen molar-refractivity contribution in [2.45, 2.75) is 76.3 Å². The van der Waals surface area contributed by atoms with E-state index < -0.39 is 40.7 Å². The molecular formula is C43H44F3N7O4. The second kappa shape index (κ2) is 14.5. The molecule has 2 aromatic carbocycles. The third kappa shape index (κ3) is 6.39. The summed E-state index contributed by atoms with van der Waals surface area (Å²) < 4.78 is 60.1. The number of nitriles is 1. The fraction of sp³-hybridized carbons (Fsp3) is 0.465. The zero-order valence-electron chi connectivity index (χ0n) is 32.1. The molecule has 4 aliphatic heterocycles. The number of fused-ring (bicyclic) bond motifs is 4. The molecule has 8 rings (SSSR count). The average molecular weight is 780 g/mol. The Morgan fingerprint density at radius 3 is 2.65 bits per heavy atom. The molecule has 1 unspecified atom stereocenters. The minimum absolute atomic E-state index is 0.00412. The second-order valence-electron chi connectivity index (χ2n) is 16.6. The lowest BCUT2D eigenvalue weighted by Gasteiger charge is -2.51. The van der Waals surface area contributed by atoms with Gasteiger partial charge in [-0.2, -0.15) is 15.2 Å². The monoisotopic (exact) mass is 779 g/mol. The van der Waals surface area contributed by atoms with E-state index in [1.165, 1.54) is 36.5 Å². The normalized spacial score (nSPS) is 25.5. The van der Waals surface area contributed by atoms with E-state index in [2.05, 4.69) is 54.2 Å². The first-order chi connectivity index (χ1) is 27.3. The number of rotatable bonds is 7. The molecule has 1 N–H and O–H groups in total. The van der Waals surface area contributed by atoms with Gasteiger partial charge in [-0.3, -0.25) is 14.7 Å². The number of benzene rings is 2. The van der Waals surface area contributed by atoms with Crippen molar-refractivity contribution in [2.24, 2.45) is 11.3 Å². The Kier molecular flexibility index (Phi) is 9.77. The number of piperazine rings is 1. The Balaban J connectivity index is 1.28. The topological polar surface area (TPSA) is 128 Å². The number of ether oxygens (including phenoxy) is 2. The van der Waals surface area contributed by atoms with Gasteiger partial charge in [-0.05, 0) is 54.3 Å². The van der Waals surface area contributed by atoms with Crippen LogP contribution in [0.2, 0.25) is 0 Å². The predicted molar refractivity (Wildman–Crippen MR) is 208 cm³/mol. The van der Waals surface area contributed by atoms with E-state index in [-0.39, 0.29) is 101 Å². The quantitative estimate of drug-likeness (QED) is 0.168. The molecule has 4 aliphatic rings. The number of likely N-dealkylation sites (tertiary alicyclic amines) is 1. The number of halogens is 3. The first-order valence-corrected chi connectivity index (χ1v) is 19.3. The van der Waals surface area contributed by atoms with Gasteiger partial charge in [0.1, 0.15) is 41.4 Å². The summed E-state index contributed by atoms with van der Waals surface area (Å²) in [5, 5.41) is 21.6. The van der Waals surface area contributed by atoms with E-state index in [0.29, 0.717) is 25.0 Å². The number of amides is 1. The Hall–Kier alpha value is -5.44. The molecule has 0 aliphatic carbocycles. The van der Waals surface area contributed by atoms with E-state index in [1.54, 1.807) is 4.90 Å². The number of anilines is 1. The van der Waals surface area contributed by atoms with E-state index in [4.69, 9.17) is 20.9 Å². The van der Waals surface area contributed by atoms with Crippen LogP contribution in [0.1, 0.15) is 52.0 Å². The van der Waals surface area contributed by atoms with Crippen LogP contribution in [0.15, 0.2) is 43.1 Å². The summed E-state index contributed by atoms with van der Waals surface area (Å²) in [7, 11) is 0. The summed E-state index contributed by atoms with van der Waals surface area (Å²) in [6.07, 6.45) is 9.46. The first-order valence-electron chi connectivity index (χ1n) is 19.3. The van der Waals surface area contributed by atoms with Gasteiger partial charge in [-0.25, -0.2) is 13.2 Å². The third-order valence-corrected chi connectivity index (χ3v) is 12.5. The van der Waals surface area contributed by atoms with Gasteiger partial charge in [-0.1, -0.05) is 39.3 Å². The zero-order chi connectivity index (χ0) is 40.4. The molecule has 0 radical (unpaired) electrons. The number of terminal acetylenes is 1. The van der Waals surface area contributed by atoms with E-state index in [9.17, 15) is 15.2 Å². The van der Waals surface area contributed by atoms with Crippen LogP contribution < -0.4 is 9.64 Å². The predicted octanol–water partition coefficient (Wildman–Crippen LogP) is 6.31. The van der Waals surface area contributed by atoms with Gasteiger partial charge < -0.3 is 24.4 Å². The van der Waals surface area contributed by atoms with Crippen molar-refractivity contribution < 1.29 is 32.5 Å². The van der Waals surface area contributed by atoms with Gasteiger partial charge in [0, 0.05) is 62.5 Å². The van der Waals surface area contributed by atoms with Crippen LogP contribution in [0.5, 0.6) is 11.8 Å². The summed E-state index contributed by atoms with van der Waals surface area (Å²) in [5.41, 5.74) is -1.70. The van der Waals surface area contributed by atoms with Crippen molar-refractivity contribution >= 4 is 33.4 Å². The first kappa shape index (κ1) is 38.4. The lowest BCUT2D eigenvalue weighted by Crippen LogP contribution is -2.61. The van der Waals surface area contributed by atoms with Crippen LogP contribution in [0.4, 0.5) is 19.0 Å².